The normalized spacial score (nSPS) is 17.0. The molecular formula is C15H19N5O2S. The van der Waals surface area contributed by atoms with Gasteiger partial charge in [-0.1, -0.05) is 25.1 Å². The lowest BCUT2D eigenvalue weighted by Gasteiger charge is -2.25. The Bertz CT molecular complexity index is 735. The summed E-state index contributed by atoms with van der Waals surface area (Å²) < 4.78 is 7.17. The number of hydrogen-bond donors (Lipinski definition) is 2. The number of nitrogens with one attached hydrogen (secondary N) is 1. The SMILES string of the molecule is CCCCSc1nc2n(n1)[C@@H](c1ccco1)C(C(N)=O)=C(C)N2. The van der Waals surface area contributed by atoms with Crippen molar-refractivity contribution in [3.05, 3.63) is 35.4 Å². The lowest BCUT2D eigenvalue weighted by atomic mass is 10.0. The molecule has 3 heterocycles. The molecule has 0 bridgehead atoms. The molecule has 0 saturated carbocycles. The van der Waals surface area contributed by atoms with Crippen molar-refractivity contribution in [2.24, 2.45) is 5.73 Å². The van der Waals surface area contributed by atoms with E-state index in [1.807, 2.05) is 6.07 Å². The van der Waals surface area contributed by atoms with E-state index < -0.39 is 11.9 Å². The van der Waals surface area contributed by atoms with Crippen LogP contribution in [0.3, 0.4) is 0 Å². The highest BCUT2D eigenvalue weighted by Gasteiger charge is 2.34. The number of carbonyl (C=O) groups excluding carboxylic acids is 1. The van der Waals surface area contributed by atoms with Crippen molar-refractivity contribution < 1.29 is 9.21 Å². The second-order valence-corrected chi connectivity index (χ2v) is 6.37. The summed E-state index contributed by atoms with van der Waals surface area (Å²) in [7, 11) is 0. The van der Waals surface area contributed by atoms with Gasteiger partial charge in [0.05, 0.1) is 11.8 Å². The molecule has 0 saturated heterocycles. The lowest BCUT2D eigenvalue weighted by molar-refractivity contribution is -0.115. The van der Waals surface area contributed by atoms with Crippen LogP contribution in [0.4, 0.5) is 5.95 Å². The van der Waals surface area contributed by atoms with Gasteiger partial charge in [-0.2, -0.15) is 4.98 Å². The molecule has 0 aromatic carbocycles. The van der Waals surface area contributed by atoms with Crippen molar-refractivity contribution in [1.29, 1.82) is 0 Å². The largest absolute Gasteiger partial charge is 0.467 e. The minimum Gasteiger partial charge on any atom is -0.467 e. The van der Waals surface area contributed by atoms with Gasteiger partial charge >= 0.3 is 0 Å². The summed E-state index contributed by atoms with van der Waals surface area (Å²) in [5.41, 5.74) is 6.67. The van der Waals surface area contributed by atoms with Crippen LogP contribution in [-0.2, 0) is 4.79 Å². The Morgan fingerprint density at radius 3 is 3.04 bits per heavy atom. The highest BCUT2D eigenvalue weighted by Crippen LogP contribution is 2.35. The van der Waals surface area contributed by atoms with Crippen LogP contribution in [0.25, 0.3) is 0 Å². The van der Waals surface area contributed by atoms with Crippen molar-refractivity contribution in [1.82, 2.24) is 14.8 Å². The third-order valence-electron chi connectivity index (χ3n) is 3.64. The molecule has 0 aliphatic carbocycles. The summed E-state index contributed by atoms with van der Waals surface area (Å²) in [5, 5.41) is 8.32. The van der Waals surface area contributed by atoms with Crippen LogP contribution in [0.5, 0.6) is 0 Å². The highest BCUT2D eigenvalue weighted by molar-refractivity contribution is 7.99. The van der Waals surface area contributed by atoms with Gasteiger partial charge in [-0.15, -0.1) is 5.10 Å². The molecule has 0 spiro atoms. The van der Waals surface area contributed by atoms with Crippen LogP contribution in [0, 0.1) is 0 Å². The van der Waals surface area contributed by atoms with E-state index in [2.05, 4.69) is 22.3 Å². The third kappa shape index (κ3) is 2.98. The first-order chi connectivity index (χ1) is 11.1. The highest BCUT2D eigenvalue weighted by atomic mass is 32.2. The molecule has 1 atom stereocenters. The van der Waals surface area contributed by atoms with E-state index in [1.165, 1.54) is 0 Å². The minimum atomic E-state index is -0.502. The van der Waals surface area contributed by atoms with Gasteiger partial charge in [-0.25, -0.2) is 4.68 Å². The first kappa shape index (κ1) is 15.7. The molecule has 23 heavy (non-hydrogen) atoms. The molecular weight excluding hydrogens is 314 g/mol. The first-order valence-electron chi connectivity index (χ1n) is 7.52. The van der Waals surface area contributed by atoms with Gasteiger partial charge in [0, 0.05) is 11.4 Å². The van der Waals surface area contributed by atoms with Crippen molar-refractivity contribution >= 4 is 23.6 Å². The molecule has 2 aromatic rings. The maximum atomic E-state index is 11.9. The van der Waals surface area contributed by atoms with E-state index in [9.17, 15) is 4.79 Å². The average Bonchev–Trinajstić information content (AvgIpc) is 3.14. The monoisotopic (exact) mass is 333 g/mol. The molecule has 3 N–H and O–H groups in total. The van der Waals surface area contributed by atoms with Gasteiger partial charge in [0.15, 0.2) is 0 Å². The standard InChI is InChI=1S/C15H19N5O2S/c1-3-4-8-23-15-18-14-17-9(2)11(13(16)21)12(20(14)19-15)10-6-5-7-22-10/h5-7,12H,3-4,8H2,1-2H3,(H2,16,21)(H,17,18,19)/t12-/m0/s1. The van der Waals surface area contributed by atoms with Crippen LogP contribution in [-0.4, -0.2) is 26.4 Å². The zero-order valence-electron chi connectivity index (χ0n) is 13.1. The van der Waals surface area contributed by atoms with Crippen LogP contribution in [0.2, 0.25) is 0 Å². The van der Waals surface area contributed by atoms with Gasteiger partial charge in [0.1, 0.15) is 11.8 Å². The minimum absolute atomic E-state index is 0.433. The van der Waals surface area contributed by atoms with E-state index in [1.54, 1.807) is 35.7 Å². The van der Waals surface area contributed by atoms with Crippen molar-refractivity contribution in [3.8, 4) is 0 Å². The van der Waals surface area contributed by atoms with Crippen LogP contribution in [0.15, 0.2) is 39.2 Å². The Labute approximate surface area is 138 Å². The zero-order valence-corrected chi connectivity index (χ0v) is 13.9. The fraction of sp³-hybridized carbons (Fsp3) is 0.400. The number of unbranched alkanes of at least 4 members (excludes halogenated alkanes) is 1. The number of aromatic nitrogens is 3. The molecule has 0 radical (unpaired) electrons. The molecule has 8 heteroatoms. The number of nitrogens with two attached hydrogens (primary N) is 1. The van der Waals surface area contributed by atoms with Gasteiger partial charge in [0.2, 0.25) is 17.0 Å². The van der Waals surface area contributed by atoms with E-state index in [4.69, 9.17) is 10.2 Å². The summed E-state index contributed by atoms with van der Waals surface area (Å²) >= 11 is 1.60. The van der Waals surface area contributed by atoms with Crippen LogP contribution >= 0.6 is 11.8 Å². The summed E-state index contributed by atoms with van der Waals surface area (Å²) in [6.07, 6.45) is 3.80. The maximum Gasteiger partial charge on any atom is 0.249 e. The Morgan fingerprint density at radius 2 is 2.39 bits per heavy atom. The van der Waals surface area contributed by atoms with Crippen LogP contribution < -0.4 is 11.1 Å². The molecule has 2 aromatic heterocycles. The number of hydrogen-bond acceptors (Lipinski definition) is 6. The lowest BCUT2D eigenvalue weighted by Crippen LogP contribution is -2.31. The number of carbonyl (C=O) groups is 1. The van der Waals surface area contributed by atoms with Gasteiger partial charge in [-0.3, -0.25) is 4.79 Å². The van der Waals surface area contributed by atoms with Crippen LogP contribution in [0.1, 0.15) is 38.5 Å². The van der Waals surface area contributed by atoms with Crippen molar-refractivity contribution in [3.63, 3.8) is 0 Å². The number of thioether (sulfide) groups is 1. The predicted molar refractivity (Wildman–Crippen MR) is 88.0 cm³/mol. The first-order valence-corrected chi connectivity index (χ1v) is 8.50. The molecule has 1 aliphatic heterocycles. The van der Waals surface area contributed by atoms with Gasteiger partial charge < -0.3 is 15.5 Å². The summed E-state index contributed by atoms with van der Waals surface area (Å²) in [6, 6.07) is 3.09. The Balaban J connectivity index is 1.99. The van der Waals surface area contributed by atoms with Crippen molar-refractivity contribution in [2.75, 3.05) is 11.1 Å². The second-order valence-electron chi connectivity index (χ2n) is 5.31. The molecule has 1 aliphatic rings. The maximum absolute atomic E-state index is 11.9. The van der Waals surface area contributed by atoms with Gasteiger partial charge in [-0.05, 0) is 25.5 Å². The predicted octanol–water partition coefficient (Wildman–Crippen LogP) is 2.54. The molecule has 3 rings (SSSR count). The molecule has 1 amide bonds. The number of rotatable bonds is 6. The number of nitrogens with zero attached hydrogens (tertiary/aromatic N) is 3. The number of furan rings is 1. The summed E-state index contributed by atoms with van der Waals surface area (Å²) in [6.45, 7) is 3.95. The fourth-order valence-corrected chi connectivity index (χ4v) is 3.44. The topological polar surface area (TPSA) is 99.0 Å². The number of allylic oxidation sites excluding steroid dienone is 1. The Morgan fingerprint density at radius 1 is 1.57 bits per heavy atom. The Kier molecular flexibility index (Phi) is 4.42. The van der Waals surface area contributed by atoms with E-state index in [-0.39, 0.29) is 0 Å². The number of amides is 1. The van der Waals surface area contributed by atoms with E-state index in [0.717, 1.165) is 18.6 Å². The van der Waals surface area contributed by atoms with E-state index >= 15 is 0 Å². The quantitative estimate of drug-likeness (QED) is 0.622. The smallest absolute Gasteiger partial charge is 0.249 e. The van der Waals surface area contributed by atoms with E-state index in [0.29, 0.717) is 28.1 Å². The second kappa shape index (κ2) is 6.49. The van der Waals surface area contributed by atoms with Gasteiger partial charge in [0.25, 0.3) is 0 Å². The zero-order chi connectivity index (χ0) is 16.4. The Hall–Kier alpha value is -2.22. The molecule has 0 fully saturated rings. The third-order valence-corrected chi connectivity index (χ3v) is 4.56. The summed E-state index contributed by atoms with van der Waals surface area (Å²) in [5.74, 6) is 1.65. The average molecular weight is 333 g/mol. The number of primary amides is 1. The number of anilines is 1. The molecule has 122 valence electrons. The summed E-state index contributed by atoms with van der Waals surface area (Å²) in [4.78, 5) is 16.4. The molecule has 7 nitrogen and oxygen atoms in total. The van der Waals surface area contributed by atoms with Crippen molar-refractivity contribution in [2.45, 2.75) is 37.9 Å². The number of fused-ring (bicyclic) bond motifs is 1. The molecule has 0 unspecified atom stereocenters. The fourth-order valence-electron chi connectivity index (χ4n) is 2.53.